The van der Waals surface area contributed by atoms with Gasteiger partial charge in [-0.1, -0.05) is 56.3 Å². The first kappa shape index (κ1) is 12.6. The Balaban J connectivity index is 2.27. The first-order valence-electron chi connectivity index (χ1n) is 6.20. The Bertz CT molecular complexity index is 579. The van der Waals surface area contributed by atoms with Crippen LogP contribution in [0.4, 0.5) is 0 Å². The number of hydrogen-bond acceptors (Lipinski definition) is 2. The zero-order valence-corrected chi connectivity index (χ0v) is 10.9. The zero-order chi connectivity index (χ0) is 13.0. The van der Waals surface area contributed by atoms with Gasteiger partial charge in [-0.05, 0) is 16.3 Å². The fourth-order valence-electron chi connectivity index (χ4n) is 2.14. The van der Waals surface area contributed by atoms with E-state index in [1.165, 1.54) is 16.3 Å². The number of benzene rings is 2. The van der Waals surface area contributed by atoms with E-state index in [1.807, 2.05) is 0 Å². The van der Waals surface area contributed by atoms with Crippen molar-refractivity contribution in [1.29, 1.82) is 5.26 Å². The molecule has 2 aromatic rings. The molecule has 0 aliphatic carbocycles. The van der Waals surface area contributed by atoms with E-state index in [2.05, 4.69) is 67.7 Å². The lowest BCUT2D eigenvalue weighted by Gasteiger charge is -2.25. The van der Waals surface area contributed by atoms with Crippen LogP contribution >= 0.6 is 0 Å². The summed E-state index contributed by atoms with van der Waals surface area (Å²) in [6, 6.07) is 17.1. The molecule has 2 aromatic carbocycles. The molecular weight excluding hydrogens is 220 g/mol. The standard InChI is InChI=1S/C16H18N2/c1-16(2,12-18-10-9-17)15-8-7-13-5-3-4-6-14(13)11-15/h3-8,11,18H,10,12H2,1-2H3. The van der Waals surface area contributed by atoms with Gasteiger partial charge in [0.15, 0.2) is 0 Å². The van der Waals surface area contributed by atoms with E-state index >= 15 is 0 Å². The van der Waals surface area contributed by atoms with Gasteiger partial charge in [-0.25, -0.2) is 0 Å². The van der Waals surface area contributed by atoms with Gasteiger partial charge >= 0.3 is 0 Å². The monoisotopic (exact) mass is 238 g/mol. The van der Waals surface area contributed by atoms with Crippen molar-refractivity contribution >= 4 is 10.8 Å². The van der Waals surface area contributed by atoms with Crippen molar-refractivity contribution < 1.29 is 0 Å². The third kappa shape index (κ3) is 2.69. The normalized spacial score (nSPS) is 11.4. The molecular formula is C16H18N2. The highest BCUT2D eigenvalue weighted by Gasteiger charge is 2.20. The lowest BCUT2D eigenvalue weighted by Crippen LogP contribution is -2.33. The Kier molecular flexibility index (Phi) is 3.64. The molecule has 0 aromatic heterocycles. The van der Waals surface area contributed by atoms with E-state index in [0.29, 0.717) is 6.54 Å². The number of nitriles is 1. The number of hydrogen-bond donors (Lipinski definition) is 1. The van der Waals surface area contributed by atoms with Crippen LogP contribution in [0.1, 0.15) is 19.4 Å². The van der Waals surface area contributed by atoms with Crippen LogP contribution in [-0.4, -0.2) is 13.1 Å². The minimum atomic E-state index is 0.0287. The summed E-state index contributed by atoms with van der Waals surface area (Å²) >= 11 is 0. The Morgan fingerprint density at radius 1 is 1.11 bits per heavy atom. The average molecular weight is 238 g/mol. The predicted molar refractivity (Wildman–Crippen MR) is 75.5 cm³/mol. The number of fused-ring (bicyclic) bond motifs is 1. The molecule has 0 unspecified atom stereocenters. The molecule has 0 bridgehead atoms. The van der Waals surface area contributed by atoms with Gasteiger partial charge in [0.2, 0.25) is 0 Å². The molecule has 0 saturated carbocycles. The molecule has 0 amide bonds. The van der Waals surface area contributed by atoms with Gasteiger partial charge in [-0.3, -0.25) is 0 Å². The summed E-state index contributed by atoms with van der Waals surface area (Å²) in [7, 11) is 0. The van der Waals surface area contributed by atoms with Gasteiger partial charge in [-0.2, -0.15) is 5.26 Å². The third-order valence-electron chi connectivity index (χ3n) is 3.30. The maximum absolute atomic E-state index is 8.56. The van der Waals surface area contributed by atoms with E-state index in [9.17, 15) is 0 Å². The number of nitrogens with zero attached hydrogens (tertiary/aromatic N) is 1. The van der Waals surface area contributed by atoms with Crippen LogP contribution in [0.15, 0.2) is 42.5 Å². The Labute approximate surface area is 108 Å². The van der Waals surface area contributed by atoms with E-state index in [1.54, 1.807) is 0 Å². The minimum absolute atomic E-state index is 0.0287. The third-order valence-corrected chi connectivity index (χ3v) is 3.30. The van der Waals surface area contributed by atoms with Crippen molar-refractivity contribution in [2.45, 2.75) is 19.3 Å². The summed E-state index contributed by atoms with van der Waals surface area (Å²) in [5, 5.41) is 14.3. The number of rotatable bonds is 4. The highest BCUT2D eigenvalue weighted by molar-refractivity contribution is 5.83. The summed E-state index contributed by atoms with van der Waals surface area (Å²) in [4.78, 5) is 0. The molecule has 0 radical (unpaired) electrons. The second-order valence-electron chi connectivity index (χ2n) is 5.21. The van der Waals surface area contributed by atoms with E-state index in [4.69, 9.17) is 5.26 Å². The van der Waals surface area contributed by atoms with Gasteiger partial charge in [0.1, 0.15) is 0 Å². The summed E-state index contributed by atoms with van der Waals surface area (Å²) in [6.45, 7) is 5.60. The van der Waals surface area contributed by atoms with Crippen LogP contribution in [-0.2, 0) is 5.41 Å². The van der Waals surface area contributed by atoms with Crippen molar-refractivity contribution in [2.24, 2.45) is 0 Å². The van der Waals surface area contributed by atoms with Gasteiger partial charge < -0.3 is 5.32 Å². The predicted octanol–water partition coefficient (Wildman–Crippen LogP) is 3.23. The van der Waals surface area contributed by atoms with Crippen LogP contribution < -0.4 is 5.32 Å². The topological polar surface area (TPSA) is 35.8 Å². The van der Waals surface area contributed by atoms with Crippen LogP contribution in [0.5, 0.6) is 0 Å². The van der Waals surface area contributed by atoms with E-state index in [0.717, 1.165) is 6.54 Å². The average Bonchev–Trinajstić information content (AvgIpc) is 2.38. The fourth-order valence-corrected chi connectivity index (χ4v) is 2.14. The van der Waals surface area contributed by atoms with Crippen LogP contribution in [0.3, 0.4) is 0 Å². The lowest BCUT2D eigenvalue weighted by molar-refractivity contribution is 0.485. The molecule has 0 fully saturated rings. The van der Waals surface area contributed by atoms with Gasteiger partial charge in [0, 0.05) is 12.0 Å². The molecule has 2 nitrogen and oxygen atoms in total. The van der Waals surface area contributed by atoms with Crippen molar-refractivity contribution in [3.63, 3.8) is 0 Å². The highest BCUT2D eigenvalue weighted by atomic mass is 14.9. The molecule has 0 heterocycles. The molecule has 18 heavy (non-hydrogen) atoms. The van der Waals surface area contributed by atoms with Crippen LogP contribution in [0.2, 0.25) is 0 Å². The summed E-state index contributed by atoms with van der Waals surface area (Å²) in [5.41, 5.74) is 1.33. The maximum atomic E-state index is 8.56. The quantitative estimate of drug-likeness (QED) is 0.655. The Hall–Kier alpha value is -1.85. The summed E-state index contributed by atoms with van der Waals surface area (Å²) in [5.74, 6) is 0. The van der Waals surface area contributed by atoms with E-state index in [-0.39, 0.29) is 5.41 Å². The van der Waals surface area contributed by atoms with Crippen LogP contribution in [0.25, 0.3) is 10.8 Å². The molecule has 0 aliphatic heterocycles. The molecule has 2 heteroatoms. The fraction of sp³-hybridized carbons (Fsp3) is 0.312. The van der Waals surface area contributed by atoms with Crippen molar-refractivity contribution in [3.05, 3.63) is 48.0 Å². The molecule has 0 spiro atoms. The molecule has 0 saturated heterocycles. The first-order valence-corrected chi connectivity index (χ1v) is 6.20. The highest BCUT2D eigenvalue weighted by Crippen LogP contribution is 2.26. The van der Waals surface area contributed by atoms with Crippen molar-refractivity contribution in [2.75, 3.05) is 13.1 Å². The van der Waals surface area contributed by atoms with Gasteiger partial charge in [0.05, 0.1) is 12.6 Å². The minimum Gasteiger partial charge on any atom is -0.304 e. The molecule has 0 atom stereocenters. The summed E-state index contributed by atoms with van der Waals surface area (Å²) in [6.07, 6.45) is 0. The van der Waals surface area contributed by atoms with Gasteiger partial charge in [0.25, 0.3) is 0 Å². The van der Waals surface area contributed by atoms with Gasteiger partial charge in [-0.15, -0.1) is 0 Å². The molecule has 2 rings (SSSR count). The largest absolute Gasteiger partial charge is 0.304 e. The molecule has 92 valence electrons. The Morgan fingerprint density at radius 2 is 1.83 bits per heavy atom. The Morgan fingerprint density at radius 3 is 2.56 bits per heavy atom. The SMILES string of the molecule is CC(C)(CNCC#N)c1ccc2ccccc2c1. The first-order chi connectivity index (χ1) is 8.63. The van der Waals surface area contributed by atoms with Crippen LogP contribution in [0, 0.1) is 11.3 Å². The zero-order valence-electron chi connectivity index (χ0n) is 10.9. The van der Waals surface area contributed by atoms with Crippen molar-refractivity contribution in [3.8, 4) is 6.07 Å². The van der Waals surface area contributed by atoms with E-state index < -0.39 is 0 Å². The molecule has 1 N–H and O–H groups in total. The smallest absolute Gasteiger partial charge is 0.0841 e. The second kappa shape index (κ2) is 5.20. The summed E-state index contributed by atoms with van der Waals surface area (Å²) < 4.78 is 0. The number of nitrogens with one attached hydrogen (secondary N) is 1. The molecule has 0 aliphatic rings. The second-order valence-corrected chi connectivity index (χ2v) is 5.21. The maximum Gasteiger partial charge on any atom is 0.0841 e. The van der Waals surface area contributed by atoms with Crippen molar-refractivity contribution in [1.82, 2.24) is 5.32 Å². The lowest BCUT2D eigenvalue weighted by atomic mass is 9.83.